The Balaban J connectivity index is 1.96. The van der Waals surface area contributed by atoms with E-state index in [-0.39, 0.29) is 5.69 Å². The molecule has 2 rings (SSSR count). The van der Waals surface area contributed by atoms with Crippen LogP contribution in [-0.4, -0.2) is 6.54 Å². The highest BCUT2D eigenvalue weighted by Crippen LogP contribution is 2.35. The lowest BCUT2D eigenvalue weighted by molar-refractivity contribution is -0.136. The molecular weight excluding hydrogens is 265 g/mol. The van der Waals surface area contributed by atoms with Crippen molar-refractivity contribution in [2.75, 3.05) is 17.6 Å². The molecule has 0 bridgehead atoms. The number of nitrogens with two attached hydrogens (primary N) is 1. The maximum absolute atomic E-state index is 12.8. The van der Waals surface area contributed by atoms with E-state index in [4.69, 9.17) is 5.73 Å². The number of benzene rings is 1. The average Bonchev–Trinajstić information content (AvgIpc) is 2.38. The molecule has 0 amide bonds. The second-order valence-corrected chi connectivity index (χ2v) is 5.81. The molecule has 1 fully saturated rings. The largest absolute Gasteiger partial charge is 0.418 e. The molecule has 1 aliphatic carbocycles. The zero-order valence-corrected chi connectivity index (χ0v) is 11.6. The predicted octanol–water partition coefficient (Wildman–Crippen LogP) is 4.53. The molecule has 1 aromatic rings. The summed E-state index contributed by atoms with van der Waals surface area (Å²) in [7, 11) is 0. The Labute approximate surface area is 117 Å². The predicted molar refractivity (Wildman–Crippen MR) is 75.5 cm³/mol. The molecule has 0 saturated heterocycles. The Morgan fingerprint density at radius 2 is 1.85 bits per heavy atom. The first-order chi connectivity index (χ1) is 9.36. The molecule has 2 nitrogen and oxygen atoms in total. The third kappa shape index (κ3) is 3.81. The minimum Gasteiger partial charge on any atom is -0.398 e. The smallest absolute Gasteiger partial charge is 0.398 e. The van der Waals surface area contributed by atoms with Gasteiger partial charge in [0, 0.05) is 17.9 Å². The van der Waals surface area contributed by atoms with E-state index < -0.39 is 11.7 Å². The maximum atomic E-state index is 12.8. The molecule has 1 aliphatic rings. The molecule has 5 heteroatoms. The van der Waals surface area contributed by atoms with E-state index in [0.717, 1.165) is 31.4 Å². The Morgan fingerprint density at radius 1 is 1.20 bits per heavy atom. The van der Waals surface area contributed by atoms with Crippen molar-refractivity contribution >= 4 is 11.4 Å². The fourth-order valence-corrected chi connectivity index (χ4v) is 2.71. The van der Waals surface area contributed by atoms with E-state index in [1.165, 1.54) is 18.9 Å². The molecule has 0 unspecified atom stereocenters. The highest BCUT2D eigenvalue weighted by Gasteiger charge is 2.33. The summed E-state index contributed by atoms with van der Waals surface area (Å²) in [4.78, 5) is 0. The Hall–Kier alpha value is -1.39. The zero-order valence-electron chi connectivity index (χ0n) is 11.6. The van der Waals surface area contributed by atoms with E-state index in [1.54, 1.807) is 6.07 Å². The van der Waals surface area contributed by atoms with Crippen LogP contribution in [0.4, 0.5) is 24.5 Å². The molecule has 1 saturated carbocycles. The topological polar surface area (TPSA) is 38.0 Å². The summed E-state index contributed by atoms with van der Waals surface area (Å²) in [5.74, 6) is 1.33. The lowest BCUT2D eigenvalue weighted by Crippen LogP contribution is -2.20. The number of rotatable bonds is 3. The van der Waals surface area contributed by atoms with Gasteiger partial charge in [-0.05, 0) is 42.9 Å². The third-order valence-electron chi connectivity index (χ3n) is 4.09. The minimum atomic E-state index is -4.40. The minimum absolute atomic E-state index is 0.227. The fraction of sp³-hybridized carbons (Fsp3) is 0.600. The lowest BCUT2D eigenvalue weighted by Gasteiger charge is -2.26. The highest BCUT2D eigenvalue weighted by molar-refractivity contribution is 5.58. The molecule has 0 spiro atoms. The molecule has 0 radical (unpaired) electrons. The second-order valence-electron chi connectivity index (χ2n) is 5.81. The van der Waals surface area contributed by atoms with Crippen molar-refractivity contribution in [1.29, 1.82) is 0 Å². The molecule has 0 aliphatic heterocycles. The zero-order chi connectivity index (χ0) is 14.8. The van der Waals surface area contributed by atoms with E-state index in [0.29, 0.717) is 11.6 Å². The quantitative estimate of drug-likeness (QED) is 0.801. The van der Waals surface area contributed by atoms with Crippen molar-refractivity contribution in [2.45, 2.75) is 38.8 Å². The van der Waals surface area contributed by atoms with Gasteiger partial charge in [0.15, 0.2) is 0 Å². The van der Waals surface area contributed by atoms with Crippen LogP contribution in [0.2, 0.25) is 0 Å². The number of alkyl halides is 3. The van der Waals surface area contributed by atoms with Crippen LogP contribution in [0.5, 0.6) is 0 Å². The Bertz CT molecular complexity index is 449. The summed E-state index contributed by atoms with van der Waals surface area (Å²) in [5, 5.41) is 3.11. The van der Waals surface area contributed by atoms with Crippen LogP contribution in [0, 0.1) is 11.8 Å². The fourth-order valence-electron chi connectivity index (χ4n) is 2.71. The van der Waals surface area contributed by atoms with Gasteiger partial charge in [-0.25, -0.2) is 0 Å². The van der Waals surface area contributed by atoms with Gasteiger partial charge in [-0.3, -0.25) is 0 Å². The lowest BCUT2D eigenvalue weighted by atomic mass is 9.83. The van der Waals surface area contributed by atoms with Crippen molar-refractivity contribution in [3.63, 3.8) is 0 Å². The van der Waals surface area contributed by atoms with Crippen molar-refractivity contribution in [1.82, 2.24) is 0 Å². The first-order valence-electron chi connectivity index (χ1n) is 7.07. The van der Waals surface area contributed by atoms with E-state index >= 15 is 0 Å². The van der Waals surface area contributed by atoms with Gasteiger partial charge in [-0.15, -0.1) is 0 Å². The van der Waals surface area contributed by atoms with Gasteiger partial charge in [0.1, 0.15) is 0 Å². The van der Waals surface area contributed by atoms with E-state index in [2.05, 4.69) is 12.2 Å². The summed E-state index contributed by atoms with van der Waals surface area (Å²) >= 11 is 0. The number of halogens is 3. The third-order valence-corrected chi connectivity index (χ3v) is 4.09. The number of hydrogen-bond acceptors (Lipinski definition) is 2. The molecule has 0 aromatic heterocycles. The Kier molecular flexibility index (Phi) is 4.45. The molecular formula is C15H21F3N2. The molecule has 1 aromatic carbocycles. The van der Waals surface area contributed by atoms with Crippen molar-refractivity contribution in [3.8, 4) is 0 Å². The van der Waals surface area contributed by atoms with Crippen LogP contribution in [0.1, 0.15) is 38.2 Å². The second kappa shape index (κ2) is 5.94. The van der Waals surface area contributed by atoms with Gasteiger partial charge in [-0.2, -0.15) is 13.2 Å². The molecule has 0 atom stereocenters. The Morgan fingerprint density at radius 3 is 2.45 bits per heavy atom. The van der Waals surface area contributed by atoms with Crippen LogP contribution >= 0.6 is 0 Å². The van der Waals surface area contributed by atoms with E-state index in [9.17, 15) is 13.2 Å². The summed E-state index contributed by atoms with van der Waals surface area (Å²) in [6.07, 6.45) is 0.316. The molecule has 3 N–H and O–H groups in total. The first-order valence-corrected chi connectivity index (χ1v) is 7.07. The molecule has 0 heterocycles. The van der Waals surface area contributed by atoms with Crippen LogP contribution in [0.25, 0.3) is 0 Å². The van der Waals surface area contributed by atoms with Crippen LogP contribution in [-0.2, 0) is 6.18 Å². The SMILES string of the molecule is CC1CCC(CNc2ccc(N)c(C(F)(F)F)c2)CC1. The summed E-state index contributed by atoms with van der Waals surface area (Å²) in [6.45, 7) is 2.98. The maximum Gasteiger partial charge on any atom is 0.418 e. The van der Waals surface area contributed by atoms with Gasteiger partial charge < -0.3 is 11.1 Å². The van der Waals surface area contributed by atoms with Crippen LogP contribution in [0.15, 0.2) is 18.2 Å². The highest BCUT2D eigenvalue weighted by atomic mass is 19.4. The van der Waals surface area contributed by atoms with Gasteiger partial charge in [0.05, 0.1) is 5.56 Å². The summed E-state index contributed by atoms with van der Waals surface area (Å²) in [5.41, 5.74) is 4.88. The van der Waals surface area contributed by atoms with Crippen molar-refractivity contribution in [2.24, 2.45) is 11.8 Å². The van der Waals surface area contributed by atoms with Gasteiger partial charge >= 0.3 is 6.18 Å². The first kappa shape index (κ1) is 15.0. The summed E-state index contributed by atoms with van der Waals surface area (Å²) < 4.78 is 38.3. The van der Waals surface area contributed by atoms with Crippen molar-refractivity contribution in [3.05, 3.63) is 23.8 Å². The summed E-state index contributed by atoms with van der Waals surface area (Å²) in [6, 6.07) is 4.02. The van der Waals surface area contributed by atoms with Gasteiger partial charge in [0.25, 0.3) is 0 Å². The standard InChI is InChI=1S/C15H21F3N2/c1-10-2-4-11(5-3-10)9-20-12-6-7-14(19)13(8-12)15(16,17)18/h6-8,10-11,20H,2-5,9,19H2,1H3. The monoisotopic (exact) mass is 286 g/mol. The van der Waals surface area contributed by atoms with E-state index in [1.807, 2.05) is 0 Å². The number of nitrogens with one attached hydrogen (secondary N) is 1. The number of hydrogen-bond donors (Lipinski definition) is 2. The van der Waals surface area contributed by atoms with Crippen molar-refractivity contribution < 1.29 is 13.2 Å². The van der Waals surface area contributed by atoms with Crippen LogP contribution < -0.4 is 11.1 Å². The van der Waals surface area contributed by atoms with Gasteiger partial charge in [0.2, 0.25) is 0 Å². The molecule has 112 valence electrons. The van der Waals surface area contributed by atoms with Crippen LogP contribution in [0.3, 0.4) is 0 Å². The van der Waals surface area contributed by atoms with Gasteiger partial charge in [-0.1, -0.05) is 19.8 Å². The molecule has 20 heavy (non-hydrogen) atoms. The number of anilines is 2. The normalized spacial score (nSPS) is 23.6. The number of nitrogen functional groups attached to an aromatic ring is 1. The average molecular weight is 286 g/mol.